The van der Waals surface area contributed by atoms with Gasteiger partial charge in [0, 0.05) is 23.9 Å². The maximum atomic E-state index is 12.9. The molecule has 0 aromatic carbocycles. The van der Waals surface area contributed by atoms with E-state index in [-0.39, 0.29) is 29.7 Å². The third kappa shape index (κ3) is 3.53. The number of rotatable bonds is 3. The molecule has 8 heteroatoms. The molecule has 1 saturated carbocycles. The molecule has 3 unspecified atom stereocenters. The van der Waals surface area contributed by atoms with Crippen molar-refractivity contribution in [2.24, 2.45) is 5.92 Å². The molecule has 0 bridgehead atoms. The van der Waals surface area contributed by atoms with E-state index in [2.05, 4.69) is 22.0 Å². The summed E-state index contributed by atoms with van der Waals surface area (Å²) in [5.74, 6) is -0.758. The summed E-state index contributed by atoms with van der Waals surface area (Å²) in [5.41, 5.74) is 1.47. The third-order valence-corrected chi connectivity index (χ3v) is 4.66. The summed E-state index contributed by atoms with van der Waals surface area (Å²) in [6.07, 6.45) is -2.49. The summed E-state index contributed by atoms with van der Waals surface area (Å²) < 4.78 is 40.4. The lowest BCUT2D eigenvalue weighted by Crippen LogP contribution is -2.13. The Morgan fingerprint density at radius 2 is 1.96 bits per heavy atom. The Morgan fingerprint density at radius 3 is 2.52 bits per heavy atom. The molecule has 1 aliphatic carbocycles. The lowest BCUT2D eigenvalue weighted by atomic mass is 9.94. The molecule has 0 amide bonds. The molecule has 1 N–H and O–H groups in total. The SMILES string of the molecule is CC1CC(O)CC1c1cc(-c2ccnc(C(F)(F)F)n2)nn1C(C)C. The molecule has 1 fully saturated rings. The Balaban J connectivity index is 2.03. The summed E-state index contributed by atoms with van der Waals surface area (Å²) in [7, 11) is 0. The van der Waals surface area contributed by atoms with E-state index in [9.17, 15) is 18.3 Å². The predicted octanol–water partition coefficient (Wildman–Crippen LogP) is 3.81. The second-order valence-electron chi connectivity index (χ2n) is 6.97. The van der Waals surface area contributed by atoms with E-state index in [1.807, 2.05) is 18.5 Å². The standard InChI is InChI=1S/C17H21F3N4O/c1-9(2)24-15(12-7-11(25)6-10(12)3)8-14(23-24)13-4-5-21-16(22-13)17(18,19)20/h4-5,8-12,25H,6-7H2,1-3H3. The Morgan fingerprint density at radius 1 is 1.24 bits per heavy atom. The molecular weight excluding hydrogens is 333 g/mol. The number of halogens is 3. The van der Waals surface area contributed by atoms with Crippen molar-refractivity contribution < 1.29 is 18.3 Å². The largest absolute Gasteiger partial charge is 0.451 e. The van der Waals surface area contributed by atoms with Gasteiger partial charge in [-0.2, -0.15) is 18.3 Å². The van der Waals surface area contributed by atoms with Gasteiger partial charge >= 0.3 is 6.18 Å². The molecule has 0 aliphatic heterocycles. The molecule has 3 atom stereocenters. The van der Waals surface area contributed by atoms with Crippen LogP contribution in [0.4, 0.5) is 13.2 Å². The molecular formula is C17H21F3N4O. The zero-order valence-electron chi connectivity index (χ0n) is 14.3. The number of hydrogen-bond donors (Lipinski definition) is 1. The number of aliphatic hydroxyl groups is 1. The topological polar surface area (TPSA) is 63.8 Å². The van der Waals surface area contributed by atoms with Crippen LogP contribution in [0.2, 0.25) is 0 Å². The molecule has 136 valence electrons. The zero-order valence-corrected chi connectivity index (χ0v) is 14.3. The van der Waals surface area contributed by atoms with Gasteiger partial charge in [0.15, 0.2) is 0 Å². The van der Waals surface area contributed by atoms with E-state index >= 15 is 0 Å². The van der Waals surface area contributed by atoms with Gasteiger partial charge in [0.2, 0.25) is 5.82 Å². The van der Waals surface area contributed by atoms with Gasteiger partial charge in [0.25, 0.3) is 0 Å². The molecule has 3 rings (SSSR count). The van der Waals surface area contributed by atoms with Gasteiger partial charge in [-0.25, -0.2) is 9.97 Å². The van der Waals surface area contributed by atoms with Gasteiger partial charge in [-0.3, -0.25) is 4.68 Å². The Kier molecular flexibility index (Phi) is 4.57. The van der Waals surface area contributed by atoms with Crippen LogP contribution in [0.1, 0.15) is 57.1 Å². The van der Waals surface area contributed by atoms with E-state index in [1.165, 1.54) is 6.07 Å². The van der Waals surface area contributed by atoms with Crippen molar-refractivity contribution in [3.8, 4) is 11.4 Å². The van der Waals surface area contributed by atoms with Crippen LogP contribution in [-0.2, 0) is 6.18 Å². The summed E-state index contributed by atoms with van der Waals surface area (Å²) in [4.78, 5) is 6.92. The molecule has 5 nitrogen and oxygen atoms in total. The highest BCUT2D eigenvalue weighted by molar-refractivity contribution is 5.54. The number of hydrogen-bond acceptors (Lipinski definition) is 4. The van der Waals surface area contributed by atoms with Crippen molar-refractivity contribution in [3.63, 3.8) is 0 Å². The first-order valence-electron chi connectivity index (χ1n) is 8.35. The van der Waals surface area contributed by atoms with Gasteiger partial charge < -0.3 is 5.11 Å². The monoisotopic (exact) mass is 354 g/mol. The average molecular weight is 354 g/mol. The second-order valence-corrected chi connectivity index (χ2v) is 6.97. The van der Waals surface area contributed by atoms with Crippen LogP contribution in [0, 0.1) is 5.92 Å². The fourth-order valence-electron chi connectivity index (χ4n) is 3.49. The highest BCUT2D eigenvalue weighted by atomic mass is 19.4. The van der Waals surface area contributed by atoms with E-state index in [4.69, 9.17) is 0 Å². The van der Waals surface area contributed by atoms with Crippen molar-refractivity contribution in [3.05, 3.63) is 29.8 Å². The maximum Gasteiger partial charge on any atom is 0.451 e. The van der Waals surface area contributed by atoms with E-state index in [0.29, 0.717) is 12.1 Å². The summed E-state index contributed by atoms with van der Waals surface area (Å²) >= 11 is 0. The minimum absolute atomic E-state index is 0.0533. The Labute approximate surface area is 143 Å². The fraction of sp³-hybridized carbons (Fsp3) is 0.588. The highest BCUT2D eigenvalue weighted by Gasteiger charge is 2.36. The van der Waals surface area contributed by atoms with Gasteiger partial charge in [0.05, 0.1) is 11.8 Å². The van der Waals surface area contributed by atoms with Crippen LogP contribution in [-0.4, -0.2) is 31.0 Å². The number of nitrogens with zero attached hydrogens (tertiary/aromatic N) is 4. The molecule has 2 aromatic heterocycles. The quantitative estimate of drug-likeness (QED) is 0.910. The molecule has 0 radical (unpaired) electrons. The molecule has 0 spiro atoms. The summed E-state index contributed by atoms with van der Waals surface area (Å²) in [6.45, 7) is 6.01. The smallest absolute Gasteiger partial charge is 0.393 e. The first kappa shape index (κ1) is 17.8. The minimum Gasteiger partial charge on any atom is -0.393 e. The fourth-order valence-corrected chi connectivity index (χ4v) is 3.49. The molecule has 2 heterocycles. The van der Waals surface area contributed by atoms with Crippen LogP contribution in [0.3, 0.4) is 0 Å². The van der Waals surface area contributed by atoms with Crippen LogP contribution < -0.4 is 0 Å². The Bertz CT molecular complexity index is 757. The van der Waals surface area contributed by atoms with Gasteiger partial charge in [-0.05, 0) is 44.7 Å². The molecule has 25 heavy (non-hydrogen) atoms. The van der Waals surface area contributed by atoms with Crippen LogP contribution in [0.15, 0.2) is 18.3 Å². The highest BCUT2D eigenvalue weighted by Crippen LogP contribution is 2.41. The zero-order chi connectivity index (χ0) is 18.4. The van der Waals surface area contributed by atoms with Crippen molar-refractivity contribution in [1.82, 2.24) is 19.7 Å². The van der Waals surface area contributed by atoms with Crippen molar-refractivity contribution >= 4 is 0 Å². The van der Waals surface area contributed by atoms with E-state index < -0.39 is 12.0 Å². The first-order chi connectivity index (χ1) is 11.7. The third-order valence-electron chi connectivity index (χ3n) is 4.66. The maximum absolute atomic E-state index is 12.9. The average Bonchev–Trinajstić information content (AvgIpc) is 3.10. The van der Waals surface area contributed by atoms with Crippen molar-refractivity contribution in [1.29, 1.82) is 0 Å². The van der Waals surface area contributed by atoms with Crippen LogP contribution in [0.25, 0.3) is 11.4 Å². The van der Waals surface area contributed by atoms with Crippen LogP contribution in [0.5, 0.6) is 0 Å². The van der Waals surface area contributed by atoms with Crippen LogP contribution >= 0.6 is 0 Å². The molecule has 1 aliphatic rings. The summed E-state index contributed by atoms with van der Waals surface area (Å²) in [6, 6.07) is 3.28. The Hall–Kier alpha value is -1.96. The number of aromatic nitrogens is 4. The van der Waals surface area contributed by atoms with Gasteiger partial charge in [-0.15, -0.1) is 0 Å². The van der Waals surface area contributed by atoms with Gasteiger partial charge in [-0.1, -0.05) is 6.92 Å². The molecule has 2 aromatic rings. The summed E-state index contributed by atoms with van der Waals surface area (Å²) in [5, 5.41) is 14.4. The normalized spacial score (nSPS) is 24.2. The van der Waals surface area contributed by atoms with Crippen molar-refractivity contribution in [2.45, 2.75) is 57.9 Å². The second kappa shape index (κ2) is 6.40. The lowest BCUT2D eigenvalue weighted by Gasteiger charge is -2.19. The first-order valence-corrected chi connectivity index (χ1v) is 8.35. The number of aliphatic hydroxyl groups excluding tert-OH is 1. The predicted molar refractivity (Wildman–Crippen MR) is 85.8 cm³/mol. The van der Waals surface area contributed by atoms with Gasteiger partial charge in [0.1, 0.15) is 5.69 Å². The van der Waals surface area contributed by atoms with E-state index in [1.54, 1.807) is 6.07 Å². The van der Waals surface area contributed by atoms with E-state index in [0.717, 1.165) is 18.3 Å². The molecule has 0 saturated heterocycles. The lowest BCUT2D eigenvalue weighted by molar-refractivity contribution is -0.144. The minimum atomic E-state index is -4.59. The van der Waals surface area contributed by atoms with Crippen molar-refractivity contribution in [2.75, 3.05) is 0 Å². The number of alkyl halides is 3.